The molecule has 0 spiro atoms. The summed E-state index contributed by atoms with van der Waals surface area (Å²) in [6.07, 6.45) is 1.11. The molecule has 2 heteroatoms. The molecule has 17 heavy (non-hydrogen) atoms. The second-order valence-corrected chi connectivity index (χ2v) is 5.92. The molecule has 3 aromatic rings. The van der Waals surface area contributed by atoms with Crippen LogP contribution >= 0.6 is 11.3 Å². The Bertz CT molecular complexity index is 746. The van der Waals surface area contributed by atoms with Gasteiger partial charge in [0.05, 0.1) is 0 Å². The van der Waals surface area contributed by atoms with E-state index in [1.807, 2.05) is 11.3 Å². The smallest absolute Gasteiger partial charge is 0.0352 e. The fourth-order valence-electron chi connectivity index (χ4n) is 2.88. The predicted molar refractivity (Wildman–Crippen MR) is 73.8 cm³/mol. The Balaban J connectivity index is 2.13. The molecule has 2 aromatic heterocycles. The third kappa shape index (κ3) is 1.09. The summed E-state index contributed by atoms with van der Waals surface area (Å²) in [6.45, 7) is 2.19. The van der Waals surface area contributed by atoms with Gasteiger partial charge in [-0.3, -0.25) is 0 Å². The average molecular weight is 239 g/mol. The van der Waals surface area contributed by atoms with Gasteiger partial charge in [0.2, 0.25) is 0 Å². The van der Waals surface area contributed by atoms with Crippen LogP contribution in [0.3, 0.4) is 0 Å². The molecule has 1 nitrogen and oxygen atoms in total. The maximum atomic E-state index is 2.33. The second-order valence-electron chi connectivity index (χ2n) is 4.78. The van der Waals surface area contributed by atoms with Gasteiger partial charge in [-0.15, -0.1) is 11.3 Å². The number of fused-ring (bicyclic) bond motifs is 5. The van der Waals surface area contributed by atoms with E-state index < -0.39 is 0 Å². The zero-order valence-electron chi connectivity index (χ0n) is 9.95. The minimum absolute atomic E-state index is 1.11. The van der Waals surface area contributed by atoms with Gasteiger partial charge >= 0.3 is 0 Å². The van der Waals surface area contributed by atoms with Crippen molar-refractivity contribution in [3.8, 4) is 11.1 Å². The fourth-order valence-corrected chi connectivity index (χ4v) is 4.10. The van der Waals surface area contributed by atoms with Crippen molar-refractivity contribution in [3.63, 3.8) is 0 Å². The Morgan fingerprint density at radius 3 is 2.94 bits per heavy atom. The van der Waals surface area contributed by atoms with Crippen LogP contribution in [-0.2, 0) is 13.5 Å². The molecule has 1 aliphatic carbocycles. The number of rotatable bonds is 0. The Hall–Kier alpha value is -1.54. The van der Waals surface area contributed by atoms with Crippen LogP contribution in [0.15, 0.2) is 30.3 Å². The summed E-state index contributed by atoms with van der Waals surface area (Å²) in [4.78, 5) is 1.53. The molecule has 0 unspecified atom stereocenters. The molecule has 1 aliphatic rings. The molecular formula is C15H13NS. The Kier molecular flexibility index (Phi) is 1.68. The number of hydrogen-bond acceptors (Lipinski definition) is 1. The molecule has 2 heterocycles. The SMILES string of the molecule is Cc1cc2c(n1C)Cc1sc3ccccc3c1-2. The molecule has 0 aliphatic heterocycles. The third-order valence-electron chi connectivity index (χ3n) is 3.86. The highest BCUT2D eigenvalue weighted by atomic mass is 32.1. The molecule has 0 saturated heterocycles. The van der Waals surface area contributed by atoms with Crippen molar-refractivity contribution in [1.29, 1.82) is 0 Å². The van der Waals surface area contributed by atoms with E-state index in [4.69, 9.17) is 0 Å². The van der Waals surface area contributed by atoms with Crippen LogP contribution in [0.25, 0.3) is 21.2 Å². The summed E-state index contributed by atoms with van der Waals surface area (Å²) >= 11 is 1.95. The van der Waals surface area contributed by atoms with Gasteiger partial charge in [-0.2, -0.15) is 0 Å². The molecule has 4 rings (SSSR count). The molecule has 0 N–H and O–H groups in total. The number of thiophene rings is 1. The first kappa shape index (κ1) is 9.49. The summed E-state index contributed by atoms with van der Waals surface area (Å²) in [7, 11) is 2.17. The van der Waals surface area contributed by atoms with Crippen molar-refractivity contribution in [2.75, 3.05) is 0 Å². The number of hydrogen-bond donors (Lipinski definition) is 0. The van der Waals surface area contributed by atoms with Crippen LogP contribution in [0, 0.1) is 6.92 Å². The van der Waals surface area contributed by atoms with E-state index in [0.29, 0.717) is 0 Å². The Morgan fingerprint density at radius 2 is 2.06 bits per heavy atom. The summed E-state index contributed by atoms with van der Waals surface area (Å²) in [5.41, 5.74) is 5.78. The minimum Gasteiger partial charge on any atom is -0.351 e. The molecule has 0 amide bonds. The van der Waals surface area contributed by atoms with Gasteiger partial charge in [-0.25, -0.2) is 0 Å². The van der Waals surface area contributed by atoms with Crippen molar-refractivity contribution >= 4 is 21.4 Å². The summed E-state index contributed by atoms with van der Waals surface area (Å²) < 4.78 is 3.75. The van der Waals surface area contributed by atoms with E-state index in [9.17, 15) is 0 Å². The highest BCUT2D eigenvalue weighted by molar-refractivity contribution is 7.19. The van der Waals surface area contributed by atoms with Crippen LogP contribution in [-0.4, -0.2) is 4.57 Å². The molecule has 0 radical (unpaired) electrons. The monoisotopic (exact) mass is 239 g/mol. The normalized spacial score (nSPS) is 13.1. The lowest BCUT2D eigenvalue weighted by atomic mass is 10.1. The van der Waals surface area contributed by atoms with Gasteiger partial charge in [-0.1, -0.05) is 18.2 Å². The number of nitrogens with zero attached hydrogens (tertiary/aromatic N) is 1. The third-order valence-corrected chi connectivity index (χ3v) is 5.03. The van der Waals surface area contributed by atoms with Gasteiger partial charge in [0.15, 0.2) is 0 Å². The molecule has 1 aromatic carbocycles. The molecular weight excluding hydrogens is 226 g/mol. The minimum atomic E-state index is 1.11. The lowest BCUT2D eigenvalue weighted by Crippen LogP contribution is -1.95. The van der Waals surface area contributed by atoms with E-state index in [0.717, 1.165) is 6.42 Å². The van der Waals surface area contributed by atoms with Crippen molar-refractivity contribution in [3.05, 3.63) is 46.6 Å². The molecule has 0 atom stereocenters. The Morgan fingerprint density at radius 1 is 1.24 bits per heavy atom. The first-order valence-corrected chi connectivity index (χ1v) is 6.73. The van der Waals surface area contributed by atoms with E-state index in [2.05, 4.69) is 48.9 Å². The topological polar surface area (TPSA) is 4.93 Å². The highest BCUT2D eigenvalue weighted by Crippen LogP contribution is 2.47. The number of aryl methyl sites for hydroxylation is 1. The lowest BCUT2D eigenvalue weighted by molar-refractivity contribution is 0.828. The fraction of sp³-hybridized carbons (Fsp3) is 0.200. The van der Waals surface area contributed by atoms with Crippen molar-refractivity contribution in [2.24, 2.45) is 7.05 Å². The quantitative estimate of drug-likeness (QED) is 0.435. The predicted octanol–water partition coefficient (Wildman–Crippen LogP) is 4.12. The van der Waals surface area contributed by atoms with Crippen LogP contribution < -0.4 is 0 Å². The molecule has 0 fully saturated rings. The van der Waals surface area contributed by atoms with E-state index in [1.165, 1.54) is 37.5 Å². The van der Waals surface area contributed by atoms with Gasteiger partial charge in [0.25, 0.3) is 0 Å². The maximum Gasteiger partial charge on any atom is 0.0352 e. The standard InChI is InChI=1S/C15H13NS/c1-9-7-11-12(16(9)2)8-14-15(11)10-5-3-4-6-13(10)17-14/h3-7H,8H2,1-2H3. The van der Waals surface area contributed by atoms with Gasteiger partial charge < -0.3 is 4.57 Å². The zero-order chi connectivity index (χ0) is 11.6. The number of aromatic nitrogens is 1. The molecule has 84 valence electrons. The van der Waals surface area contributed by atoms with E-state index >= 15 is 0 Å². The van der Waals surface area contributed by atoms with Crippen LogP contribution in [0.5, 0.6) is 0 Å². The van der Waals surface area contributed by atoms with Gasteiger partial charge in [0, 0.05) is 50.9 Å². The highest BCUT2D eigenvalue weighted by Gasteiger charge is 2.26. The van der Waals surface area contributed by atoms with Crippen LogP contribution in [0.1, 0.15) is 16.3 Å². The van der Waals surface area contributed by atoms with Crippen molar-refractivity contribution < 1.29 is 0 Å². The molecule has 0 saturated carbocycles. The summed E-state index contributed by atoms with van der Waals surface area (Å²) in [5, 5.41) is 1.43. The lowest BCUT2D eigenvalue weighted by Gasteiger charge is -2.00. The molecule has 0 bridgehead atoms. The largest absolute Gasteiger partial charge is 0.351 e. The van der Waals surface area contributed by atoms with Crippen LogP contribution in [0.4, 0.5) is 0 Å². The average Bonchev–Trinajstić information content (AvgIpc) is 2.92. The first-order valence-electron chi connectivity index (χ1n) is 5.91. The van der Waals surface area contributed by atoms with Crippen molar-refractivity contribution in [1.82, 2.24) is 4.57 Å². The maximum absolute atomic E-state index is 2.33. The Labute approximate surface area is 104 Å². The van der Waals surface area contributed by atoms with Crippen LogP contribution in [0.2, 0.25) is 0 Å². The summed E-state index contributed by atoms with van der Waals surface area (Å²) in [6, 6.07) is 11.1. The van der Waals surface area contributed by atoms with Gasteiger partial charge in [-0.05, 0) is 19.1 Å². The van der Waals surface area contributed by atoms with E-state index in [1.54, 1.807) is 0 Å². The summed E-state index contributed by atoms with van der Waals surface area (Å²) in [5.74, 6) is 0. The zero-order valence-corrected chi connectivity index (χ0v) is 10.8. The second kappa shape index (κ2) is 3.02. The van der Waals surface area contributed by atoms with E-state index in [-0.39, 0.29) is 0 Å². The first-order chi connectivity index (χ1) is 8.25. The number of benzene rings is 1. The van der Waals surface area contributed by atoms with Crippen molar-refractivity contribution in [2.45, 2.75) is 13.3 Å². The van der Waals surface area contributed by atoms with Gasteiger partial charge in [0.1, 0.15) is 0 Å².